The molecule has 218 valence electrons. The number of nitrogens with zero attached hydrogens (tertiary/aromatic N) is 3. The van der Waals surface area contributed by atoms with E-state index in [1.54, 1.807) is 4.90 Å². The summed E-state index contributed by atoms with van der Waals surface area (Å²) in [5.74, 6) is 1.97. The summed E-state index contributed by atoms with van der Waals surface area (Å²) in [6.45, 7) is 3.30. The highest BCUT2D eigenvalue weighted by molar-refractivity contribution is 5.86. The first-order valence-electron chi connectivity index (χ1n) is 14.3. The number of aromatic amines is 2. The summed E-state index contributed by atoms with van der Waals surface area (Å²) in [6.07, 6.45) is 5.46. The molecule has 0 saturated carbocycles. The molecule has 0 aliphatic carbocycles. The second kappa shape index (κ2) is 12.1. The predicted octanol–water partition coefficient (Wildman–Crippen LogP) is 4.93. The number of aromatic nitrogens is 4. The van der Waals surface area contributed by atoms with Crippen molar-refractivity contribution in [3.05, 3.63) is 66.5 Å². The van der Waals surface area contributed by atoms with E-state index in [0.717, 1.165) is 64.5 Å². The number of carbonyl (C=O) groups excluding carboxylic acids is 1. The number of carboxylic acid groups (broad SMARTS) is 1. The molecule has 2 aliphatic rings. The maximum Gasteiger partial charge on any atom is 0.405 e. The van der Waals surface area contributed by atoms with Gasteiger partial charge in [0.1, 0.15) is 23.4 Å². The molecule has 2 atom stereocenters. The summed E-state index contributed by atoms with van der Waals surface area (Å²) >= 11 is 0. The van der Waals surface area contributed by atoms with E-state index in [0.29, 0.717) is 32.0 Å². The van der Waals surface area contributed by atoms with Gasteiger partial charge in [-0.3, -0.25) is 4.79 Å². The minimum atomic E-state index is -1.25. The number of benzene rings is 2. The van der Waals surface area contributed by atoms with E-state index in [-0.39, 0.29) is 18.6 Å². The molecule has 2 aromatic carbocycles. The van der Waals surface area contributed by atoms with Gasteiger partial charge in [0.15, 0.2) is 0 Å². The van der Waals surface area contributed by atoms with Gasteiger partial charge in [-0.15, -0.1) is 0 Å². The van der Waals surface area contributed by atoms with Gasteiger partial charge in [-0.05, 0) is 55.9 Å². The Morgan fingerprint density at radius 3 is 2.52 bits per heavy atom. The van der Waals surface area contributed by atoms with Crippen LogP contribution in [0.5, 0.6) is 5.75 Å². The predicted molar refractivity (Wildman–Crippen MR) is 156 cm³/mol. The van der Waals surface area contributed by atoms with E-state index < -0.39 is 12.1 Å². The number of hydrogen-bond donors (Lipinski definition) is 4. The van der Waals surface area contributed by atoms with Crippen molar-refractivity contribution in [1.82, 2.24) is 30.2 Å². The number of nitrogens with one attached hydrogen (secondary N) is 3. The number of H-pyrrole nitrogens is 2. The van der Waals surface area contributed by atoms with Gasteiger partial charge in [-0.2, -0.15) is 0 Å². The van der Waals surface area contributed by atoms with Crippen molar-refractivity contribution in [2.24, 2.45) is 0 Å². The van der Waals surface area contributed by atoms with Crippen LogP contribution in [0.4, 0.5) is 4.79 Å². The Morgan fingerprint density at radius 2 is 1.74 bits per heavy atom. The molecule has 42 heavy (non-hydrogen) atoms. The lowest BCUT2D eigenvalue weighted by molar-refractivity contribution is -0.136. The van der Waals surface area contributed by atoms with Crippen molar-refractivity contribution >= 4 is 12.0 Å². The van der Waals surface area contributed by atoms with Crippen LogP contribution in [0.1, 0.15) is 43.4 Å². The van der Waals surface area contributed by atoms with Crippen molar-refractivity contribution in [1.29, 1.82) is 0 Å². The van der Waals surface area contributed by atoms with Gasteiger partial charge >= 0.3 is 6.09 Å². The zero-order valence-electron chi connectivity index (χ0n) is 23.4. The fraction of sp³-hybridized carbons (Fsp3) is 0.355. The fourth-order valence-corrected chi connectivity index (χ4v) is 5.61. The Labute approximate surface area is 243 Å². The highest BCUT2D eigenvalue weighted by atomic mass is 16.5. The lowest BCUT2D eigenvalue weighted by Gasteiger charge is -2.27. The highest BCUT2D eigenvalue weighted by Gasteiger charge is 2.36. The van der Waals surface area contributed by atoms with Gasteiger partial charge < -0.3 is 34.8 Å². The van der Waals surface area contributed by atoms with E-state index in [4.69, 9.17) is 14.5 Å². The van der Waals surface area contributed by atoms with E-state index >= 15 is 0 Å². The van der Waals surface area contributed by atoms with Crippen LogP contribution in [0.2, 0.25) is 0 Å². The Morgan fingerprint density at radius 1 is 0.976 bits per heavy atom. The number of ether oxygens (including phenoxy) is 2. The largest absolute Gasteiger partial charge is 0.493 e. The lowest BCUT2D eigenvalue weighted by Crippen LogP contribution is -2.50. The van der Waals surface area contributed by atoms with E-state index in [1.807, 2.05) is 31.5 Å². The fourth-order valence-electron chi connectivity index (χ4n) is 5.61. The number of fused-ring (bicyclic) bond motifs is 6. The molecule has 4 N–H and O–H groups in total. The molecular weight excluding hydrogens is 536 g/mol. The molecule has 0 unspecified atom stereocenters. The first kappa shape index (κ1) is 27.5. The van der Waals surface area contributed by atoms with Crippen LogP contribution >= 0.6 is 0 Å². The molecule has 0 spiro atoms. The zero-order valence-corrected chi connectivity index (χ0v) is 23.4. The molecular formula is C31H34N6O5. The molecule has 6 rings (SSSR count). The Kier molecular flexibility index (Phi) is 7.91. The second-order valence-electron chi connectivity index (χ2n) is 10.7. The average Bonchev–Trinajstić information content (AvgIpc) is 3.76. The molecule has 2 amide bonds. The number of rotatable bonds is 3. The van der Waals surface area contributed by atoms with Crippen molar-refractivity contribution in [3.8, 4) is 39.4 Å². The Hall–Kier alpha value is -4.64. The lowest BCUT2D eigenvalue weighted by atomic mass is 10.00. The standard InChI is InChI=1S/C31H34N6O5/c1-19-32-16-24(34-19)21-8-6-20(7-9-21)22-10-11-23-25-17-33-29(35-25)27-5-4-12-37(27)30(38)26(36-31(39)40)18-41-13-2-3-14-42-28(23)15-22/h6-11,15-17,26-27,36H,2-5,12-14,18H2,1H3,(H,32,34)(H,33,35)(H,39,40)/t26-,27-/m0/s1. The molecule has 11 heteroatoms. The molecule has 1 saturated heterocycles. The molecule has 2 bridgehead atoms. The summed E-state index contributed by atoms with van der Waals surface area (Å²) in [5, 5.41) is 11.6. The molecule has 2 aliphatic heterocycles. The van der Waals surface area contributed by atoms with Gasteiger partial charge in [0.25, 0.3) is 0 Å². The third-order valence-electron chi connectivity index (χ3n) is 7.75. The van der Waals surface area contributed by atoms with E-state index in [2.05, 4.69) is 50.6 Å². The smallest absolute Gasteiger partial charge is 0.405 e. The third-order valence-corrected chi connectivity index (χ3v) is 7.75. The molecule has 4 aromatic rings. The summed E-state index contributed by atoms with van der Waals surface area (Å²) in [4.78, 5) is 42.3. The van der Waals surface area contributed by atoms with Gasteiger partial charge in [0.2, 0.25) is 5.91 Å². The van der Waals surface area contributed by atoms with Crippen LogP contribution in [0.25, 0.3) is 33.6 Å². The van der Waals surface area contributed by atoms with Crippen molar-refractivity contribution in [2.75, 3.05) is 26.4 Å². The van der Waals surface area contributed by atoms with E-state index in [9.17, 15) is 14.7 Å². The minimum absolute atomic E-state index is 0.0245. The SMILES string of the molecule is Cc1nc(-c2ccc(-c3ccc4c(c3)OCCCCOC[C@H](NC(=O)O)C(=O)N3CCC[C@H]3c3nc-4c[nH]3)cc2)c[nH]1. The van der Waals surface area contributed by atoms with Crippen molar-refractivity contribution in [2.45, 2.75) is 44.7 Å². The van der Waals surface area contributed by atoms with E-state index in [1.165, 1.54) is 0 Å². The van der Waals surface area contributed by atoms with Crippen molar-refractivity contribution in [3.63, 3.8) is 0 Å². The van der Waals surface area contributed by atoms with Crippen molar-refractivity contribution < 1.29 is 24.2 Å². The molecule has 4 heterocycles. The summed E-state index contributed by atoms with van der Waals surface area (Å²) in [6, 6.07) is 13.2. The maximum atomic E-state index is 13.4. The topological polar surface area (TPSA) is 145 Å². The van der Waals surface area contributed by atoms with Crippen LogP contribution in [0.15, 0.2) is 54.9 Å². The number of carbonyl (C=O) groups is 2. The molecule has 1 fully saturated rings. The highest BCUT2D eigenvalue weighted by Crippen LogP contribution is 2.37. The maximum absolute atomic E-state index is 13.4. The average molecular weight is 571 g/mol. The summed E-state index contributed by atoms with van der Waals surface area (Å²) in [7, 11) is 0. The monoisotopic (exact) mass is 570 g/mol. The van der Waals surface area contributed by atoms with Gasteiger partial charge in [0, 0.05) is 36.7 Å². The van der Waals surface area contributed by atoms with Crippen LogP contribution in [-0.4, -0.2) is 74.4 Å². The van der Waals surface area contributed by atoms with Crippen LogP contribution in [0.3, 0.4) is 0 Å². The molecule has 11 nitrogen and oxygen atoms in total. The number of hydrogen-bond acceptors (Lipinski definition) is 6. The normalized spacial score (nSPS) is 19.5. The number of imidazole rings is 2. The van der Waals surface area contributed by atoms with Crippen LogP contribution < -0.4 is 10.1 Å². The Bertz CT molecular complexity index is 1560. The number of amides is 2. The third kappa shape index (κ3) is 5.87. The molecule has 2 aromatic heterocycles. The second-order valence-corrected chi connectivity index (χ2v) is 10.7. The molecule has 0 radical (unpaired) electrons. The first-order valence-corrected chi connectivity index (χ1v) is 14.3. The summed E-state index contributed by atoms with van der Waals surface area (Å²) in [5.41, 5.74) is 5.62. The number of aryl methyl sites for hydroxylation is 1. The zero-order chi connectivity index (χ0) is 29.1. The Balaban J connectivity index is 1.30. The van der Waals surface area contributed by atoms with Gasteiger partial charge in [0.05, 0.1) is 30.6 Å². The first-order chi connectivity index (χ1) is 20.5. The van der Waals surface area contributed by atoms with Gasteiger partial charge in [-0.1, -0.05) is 30.3 Å². The summed E-state index contributed by atoms with van der Waals surface area (Å²) < 4.78 is 12.0. The van der Waals surface area contributed by atoms with Crippen LogP contribution in [-0.2, 0) is 9.53 Å². The van der Waals surface area contributed by atoms with Gasteiger partial charge in [-0.25, -0.2) is 14.8 Å². The van der Waals surface area contributed by atoms with Crippen LogP contribution in [0, 0.1) is 6.92 Å². The minimum Gasteiger partial charge on any atom is -0.493 e. The quantitative estimate of drug-likeness (QED) is 0.273.